The van der Waals surface area contributed by atoms with E-state index < -0.39 is 0 Å². The predicted molar refractivity (Wildman–Crippen MR) is 112 cm³/mol. The topological polar surface area (TPSA) is 50.2 Å². The first-order chi connectivity index (χ1) is 12.9. The lowest BCUT2D eigenvalue weighted by Gasteiger charge is -2.35. The maximum absolute atomic E-state index is 12.7. The molecule has 5 nitrogen and oxygen atoms in total. The fourth-order valence-corrected chi connectivity index (χ4v) is 4.65. The number of nitrogens with one attached hydrogen (secondary N) is 1. The lowest BCUT2D eigenvalue weighted by atomic mass is 10.1. The highest BCUT2D eigenvalue weighted by atomic mass is 32.2. The Hall–Kier alpha value is -1.79. The normalized spacial score (nSPS) is 18.4. The van der Waals surface area contributed by atoms with Crippen molar-refractivity contribution in [2.75, 3.05) is 24.6 Å². The minimum atomic E-state index is -0.130. The fourth-order valence-electron chi connectivity index (χ4n) is 3.52. The summed E-state index contributed by atoms with van der Waals surface area (Å²) in [7, 11) is 0. The average molecular weight is 387 g/mol. The molecule has 1 fully saturated rings. The Balaban J connectivity index is 1.62. The molecule has 1 saturated heterocycles. The van der Waals surface area contributed by atoms with Crippen molar-refractivity contribution in [3.63, 3.8) is 0 Å². The van der Waals surface area contributed by atoms with E-state index in [4.69, 9.17) is 0 Å². The lowest BCUT2D eigenvalue weighted by Crippen LogP contribution is -2.48. The predicted octanol–water partition coefficient (Wildman–Crippen LogP) is 3.29. The molecule has 1 aliphatic heterocycles. The van der Waals surface area contributed by atoms with Crippen molar-refractivity contribution in [2.24, 2.45) is 0 Å². The van der Waals surface area contributed by atoms with E-state index in [1.165, 1.54) is 5.56 Å². The zero-order valence-electron chi connectivity index (χ0n) is 16.7. The van der Waals surface area contributed by atoms with Gasteiger partial charge in [-0.05, 0) is 33.3 Å². The van der Waals surface area contributed by atoms with Crippen LogP contribution in [-0.4, -0.2) is 51.2 Å². The summed E-state index contributed by atoms with van der Waals surface area (Å²) in [5, 5.41) is 7.56. The third-order valence-electron chi connectivity index (χ3n) is 4.97. The van der Waals surface area contributed by atoms with Crippen molar-refractivity contribution in [1.82, 2.24) is 20.0 Å². The van der Waals surface area contributed by atoms with Crippen LogP contribution in [0.4, 0.5) is 0 Å². The van der Waals surface area contributed by atoms with Crippen LogP contribution in [0.3, 0.4) is 0 Å². The van der Waals surface area contributed by atoms with Crippen LogP contribution in [0.15, 0.2) is 36.5 Å². The van der Waals surface area contributed by atoms with E-state index >= 15 is 0 Å². The highest BCUT2D eigenvalue weighted by Crippen LogP contribution is 2.20. The van der Waals surface area contributed by atoms with Crippen LogP contribution in [0.25, 0.3) is 0 Å². The zero-order valence-corrected chi connectivity index (χ0v) is 17.6. The molecular formula is C21H30N4OS. The van der Waals surface area contributed by atoms with Crippen LogP contribution in [0.5, 0.6) is 0 Å². The number of hydrogen-bond donors (Lipinski definition) is 1. The minimum Gasteiger partial charge on any atom is -0.350 e. The van der Waals surface area contributed by atoms with Gasteiger partial charge in [0.25, 0.3) is 5.91 Å². The smallest absolute Gasteiger partial charge is 0.254 e. The second-order valence-corrected chi connectivity index (χ2v) is 9.27. The van der Waals surface area contributed by atoms with Gasteiger partial charge in [-0.1, -0.05) is 30.3 Å². The first-order valence-electron chi connectivity index (χ1n) is 9.55. The number of thioether (sulfide) groups is 1. The number of rotatable bonds is 5. The Morgan fingerprint density at radius 1 is 1.30 bits per heavy atom. The Morgan fingerprint density at radius 3 is 2.70 bits per heavy atom. The Labute approximate surface area is 166 Å². The Morgan fingerprint density at radius 2 is 2.04 bits per heavy atom. The molecule has 3 rings (SSSR count). The number of carbonyl (C=O) groups excluding carboxylic acids is 1. The van der Waals surface area contributed by atoms with Gasteiger partial charge in [-0.15, -0.1) is 0 Å². The first kappa shape index (κ1) is 20.0. The number of carbonyl (C=O) groups is 1. The zero-order chi connectivity index (χ0) is 19.4. The Kier molecular flexibility index (Phi) is 6.27. The number of benzene rings is 1. The number of aromatic nitrogens is 2. The van der Waals surface area contributed by atoms with Crippen LogP contribution in [-0.2, 0) is 12.1 Å². The van der Waals surface area contributed by atoms with E-state index in [1.807, 2.05) is 29.4 Å². The molecule has 27 heavy (non-hydrogen) atoms. The molecular weight excluding hydrogens is 356 g/mol. The van der Waals surface area contributed by atoms with E-state index in [-0.39, 0.29) is 11.4 Å². The monoisotopic (exact) mass is 386 g/mol. The van der Waals surface area contributed by atoms with Crippen LogP contribution < -0.4 is 5.32 Å². The summed E-state index contributed by atoms with van der Waals surface area (Å²) in [4.78, 5) is 15.2. The van der Waals surface area contributed by atoms with Gasteiger partial charge >= 0.3 is 0 Å². The second kappa shape index (κ2) is 8.48. The molecule has 1 atom stereocenters. The third kappa shape index (κ3) is 4.93. The molecule has 1 aromatic heterocycles. The summed E-state index contributed by atoms with van der Waals surface area (Å²) in [5.41, 5.74) is 2.78. The van der Waals surface area contributed by atoms with Crippen molar-refractivity contribution in [1.29, 1.82) is 0 Å². The lowest BCUT2D eigenvalue weighted by molar-refractivity contribution is 0.0934. The van der Waals surface area contributed by atoms with Gasteiger partial charge in [-0.25, -0.2) is 0 Å². The van der Waals surface area contributed by atoms with E-state index in [2.05, 4.69) is 60.4 Å². The van der Waals surface area contributed by atoms with Gasteiger partial charge < -0.3 is 5.32 Å². The van der Waals surface area contributed by atoms with Crippen molar-refractivity contribution in [2.45, 2.75) is 45.8 Å². The summed E-state index contributed by atoms with van der Waals surface area (Å²) in [5.74, 6) is 2.17. The molecule has 2 aromatic rings. The van der Waals surface area contributed by atoms with Crippen LogP contribution in [0, 0.1) is 6.92 Å². The average Bonchev–Trinajstić information content (AvgIpc) is 3.03. The number of hydrogen-bond acceptors (Lipinski definition) is 4. The van der Waals surface area contributed by atoms with Gasteiger partial charge in [-0.3, -0.25) is 14.4 Å². The number of nitrogens with zero attached hydrogens (tertiary/aromatic N) is 3. The first-order valence-corrected chi connectivity index (χ1v) is 10.7. The van der Waals surface area contributed by atoms with Crippen molar-refractivity contribution in [3.05, 3.63) is 53.3 Å². The van der Waals surface area contributed by atoms with Crippen molar-refractivity contribution >= 4 is 17.7 Å². The van der Waals surface area contributed by atoms with Gasteiger partial charge in [0.15, 0.2) is 0 Å². The fraction of sp³-hybridized carbons (Fsp3) is 0.524. The summed E-state index contributed by atoms with van der Waals surface area (Å²) < 4.78 is 1.92. The van der Waals surface area contributed by atoms with Crippen molar-refractivity contribution in [3.8, 4) is 0 Å². The van der Waals surface area contributed by atoms with Gasteiger partial charge in [0.05, 0.1) is 17.3 Å². The Bertz CT molecular complexity index is 766. The summed E-state index contributed by atoms with van der Waals surface area (Å²) in [6, 6.07) is 10.9. The van der Waals surface area contributed by atoms with Crippen LogP contribution >= 0.6 is 11.8 Å². The maximum atomic E-state index is 12.7. The molecule has 146 valence electrons. The summed E-state index contributed by atoms with van der Waals surface area (Å²) in [6.07, 6.45) is 1.69. The molecule has 2 heterocycles. The van der Waals surface area contributed by atoms with E-state index in [9.17, 15) is 4.79 Å². The standard InChI is InChI=1S/C21H30N4OS/c1-16-19(13-23-25(16)21(2,3)4)20(26)22-12-18-15-27-11-10-24(18)14-17-8-6-5-7-9-17/h5-9,13,18H,10-12,14-15H2,1-4H3,(H,22,26). The molecule has 0 bridgehead atoms. The summed E-state index contributed by atoms with van der Waals surface area (Å²) >= 11 is 1.97. The van der Waals surface area contributed by atoms with Crippen molar-refractivity contribution < 1.29 is 4.79 Å². The van der Waals surface area contributed by atoms with Crippen LogP contribution in [0.2, 0.25) is 0 Å². The molecule has 1 amide bonds. The van der Waals surface area contributed by atoms with E-state index in [0.29, 0.717) is 18.2 Å². The molecule has 1 aromatic carbocycles. The molecule has 0 saturated carbocycles. The van der Waals surface area contributed by atoms with Crippen LogP contribution in [0.1, 0.15) is 42.4 Å². The largest absolute Gasteiger partial charge is 0.350 e. The van der Waals surface area contributed by atoms with Gasteiger partial charge in [0.1, 0.15) is 0 Å². The van der Waals surface area contributed by atoms with Gasteiger partial charge in [-0.2, -0.15) is 16.9 Å². The SMILES string of the molecule is Cc1c(C(=O)NCC2CSCCN2Cc2ccccc2)cnn1C(C)(C)C. The second-order valence-electron chi connectivity index (χ2n) is 8.12. The molecule has 6 heteroatoms. The summed E-state index contributed by atoms with van der Waals surface area (Å²) in [6.45, 7) is 10.9. The van der Waals surface area contributed by atoms with Gasteiger partial charge in [0.2, 0.25) is 0 Å². The molecule has 1 N–H and O–H groups in total. The van der Waals surface area contributed by atoms with E-state index in [0.717, 1.165) is 30.3 Å². The van der Waals surface area contributed by atoms with Gasteiger partial charge in [0, 0.05) is 42.9 Å². The number of amides is 1. The molecule has 0 radical (unpaired) electrons. The molecule has 1 aliphatic rings. The quantitative estimate of drug-likeness (QED) is 0.857. The minimum absolute atomic E-state index is 0.0294. The van der Waals surface area contributed by atoms with E-state index in [1.54, 1.807) is 6.20 Å². The molecule has 0 spiro atoms. The third-order valence-corrected chi connectivity index (χ3v) is 6.06. The molecule has 1 unspecified atom stereocenters. The maximum Gasteiger partial charge on any atom is 0.254 e. The highest BCUT2D eigenvalue weighted by Gasteiger charge is 2.25. The highest BCUT2D eigenvalue weighted by molar-refractivity contribution is 7.99. The molecule has 0 aliphatic carbocycles.